The zero-order chi connectivity index (χ0) is 6.85. The third kappa shape index (κ3) is 1.83. The second kappa shape index (κ2) is 2.88. The molecule has 46 valence electrons. The summed E-state index contributed by atoms with van der Waals surface area (Å²) in [7, 11) is 0. The van der Waals surface area contributed by atoms with E-state index >= 15 is 0 Å². The molecule has 0 atom stereocenters. The first-order valence-corrected chi connectivity index (χ1v) is 4.43. The SMILES string of the molecule is Fc1cc(Cl)cc[c]1[SnH]. The van der Waals surface area contributed by atoms with Crippen LogP contribution in [0.25, 0.3) is 0 Å². The van der Waals surface area contributed by atoms with E-state index in [1.807, 2.05) is 0 Å². The van der Waals surface area contributed by atoms with Crippen LogP contribution >= 0.6 is 11.6 Å². The molecule has 0 saturated heterocycles. The van der Waals surface area contributed by atoms with Crippen LogP contribution in [0.1, 0.15) is 0 Å². The van der Waals surface area contributed by atoms with E-state index in [0.717, 1.165) is 26.1 Å². The van der Waals surface area contributed by atoms with E-state index in [1.54, 1.807) is 12.1 Å². The molecule has 0 aliphatic carbocycles. The molecule has 0 fully saturated rings. The maximum absolute atomic E-state index is 12.5. The molecule has 0 heterocycles. The summed E-state index contributed by atoms with van der Waals surface area (Å²) in [6.45, 7) is 0. The van der Waals surface area contributed by atoms with Crippen molar-refractivity contribution in [3.63, 3.8) is 0 Å². The third-order valence-corrected chi connectivity index (χ3v) is 2.53. The first-order valence-electron chi connectivity index (χ1n) is 2.40. The first kappa shape index (κ1) is 7.35. The van der Waals surface area contributed by atoms with Crippen LogP contribution in [0.3, 0.4) is 0 Å². The van der Waals surface area contributed by atoms with Crippen molar-refractivity contribution in [2.45, 2.75) is 0 Å². The van der Waals surface area contributed by atoms with Gasteiger partial charge in [0.15, 0.2) is 0 Å². The van der Waals surface area contributed by atoms with Gasteiger partial charge in [0.25, 0.3) is 0 Å². The third-order valence-electron chi connectivity index (χ3n) is 0.962. The summed E-state index contributed by atoms with van der Waals surface area (Å²) in [5.41, 5.74) is 0. The summed E-state index contributed by atoms with van der Waals surface area (Å²) < 4.78 is 13.3. The van der Waals surface area contributed by atoms with Gasteiger partial charge in [0.2, 0.25) is 0 Å². The fourth-order valence-electron chi connectivity index (χ4n) is 0.502. The molecule has 1 rings (SSSR count). The zero-order valence-corrected chi connectivity index (χ0v) is 8.62. The summed E-state index contributed by atoms with van der Waals surface area (Å²) in [6, 6.07) is 4.74. The normalized spacial score (nSPS) is 9.67. The number of benzene rings is 1. The van der Waals surface area contributed by atoms with E-state index in [4.69, 9.17) is 11.6 Å². The summed E-state index contributed by atoms with van der Waals surface area (Å²) in [5.74, 6) is -0.190. The van der Waals surface area contributed by atoms with Crippen molar-refractivity contribution in [2.75, 3.05) is 0 Å². The maximum atomic E-state index is 12.5. The van der Waals surface area contributed by atoms with Crippen LogP contribution in [0.15, 0.2) is 18.2 Å². The average molecular weight is 249 g/mol. The van der Waals surface area contributed by atoms with Gasteiger partial charge in [0.1, 0.15) is 0 Å². The van der Waals surface area contributed by atoms with Crippen molar-refractivity contribution in [2.24, 2.45) is 0 Å². The van der Waals surface area contributed by atoms with Gasteiger partial charge in [-0.1, -0.05) is 0 Å². The summed E-state index contributed by atoms with van der Waals surface area (Å²) >= 11 is 6.29. The van der Waals surface area contributed by atoms with Gasteiger partial charge in [0.05, 0.1) is 0 Å². The van der Waals surface area contributed by atoms with Gasteiger partial charge in [-0.15, -0.1) is 0 Å². The van der Waals surface area contributed by atoms with E-state index in [2.05, 4.69) is 0 Å². The Hall–Kier alpha value is 0.239. The van der Waals surface area contributed by atoms with Crippen molar-refractivity contribution >= 4 is 37.7 Å². The zero-order valence-electron chi connectivity index (χ0n) is 4.57. The fourth-order valence-corrected chi connectivity index (χ4v) is 1.17. The van der Waals surface area contributed by atoms with Crippen LogP contribution in [0.5, 0.6) is 0 Å². The minimum atomic E-state index is -0.190. The predicted octanol–water partition coefficient (Wildman–Crippen LogP) is 1.01. The molecular weight excluding hydrogens is 245 g/mol. The molecule has 0 amide bonds. The minimum absolute atomic E-state index is 0.190. The van der Waals surface area contributed by atoms with Crippen LogP contribution in [-0.4, -0.2) is 22.5 Å². The standard InChI is InChI=1S/C6H3ClF.Sn.H/c7-5-2-1-3-6(8)4-5;;/h1-2,4H;;. The molecule has 0 aliphatic heterocycles. The average Bonchev–Trinajstić information content (AvgIpc) is 1.80. The van der Waals surface area contributed by atoms with E-state index in [1.165, 1.54) is 6.07 Å². The molecule has 0 bridgehead atoms. The van der Waals surface area contributed by atoms with Gasteiger partial charge in [-0.2, -0.15) is 0 Å². The van der Waals surface area contributed by atoms with Crippen molar-refractivity contribution in [1.82, 2.24) is 0 Å². The topological polar surface area (TPSA) is 0 Å². The Labute approximate surface area is 71.1 Å². The molecular formula is C6H4ClFSn. The quantitative estimate of drug-likeness (QED) is 0.602. The molecule has 0 aliphatic rings. The monoisotopic (exact) mass is 250 g/mol. The van der Waals surface area contributed by atoms with E-state index in [0.29, 0.717) is 5.02 Å². The molecule has 0 nitrogen and oxygen atoms in total. The Morgan fingerprint density at radius 3 is 2.56 bits per heavy atom. The van der Waals surface area contributed by atoms with Gasteiger partial charge in [-0.25, -0.2) is 0 Å². The fraction of sp³-hybridized carbons (Fsp3) is 0. The molecule has 0 spiro atoms. The van der Waals surface area contributed by atoms with Crippen LogP contribution in [-0.2, 0) is 0 Å². The van der Waals surface area contributed by atoms with E-state index < -0.39 is 0 Å². The summed E-state index contributed by atoms with van der Waals surface area (Å²) in [6.07, 6.45) is 0. The first-order chi connectivity index (χ1) is 4.20. The number of hydrogen-bond acceptors (Lipinski definition) is 0. The Bertz CT molecular complexity index is 224. The van der Waals surface area contributed by atoms with Crippen LogP contribution < -0.4 is 3.58 Å². The van der Waals surface area contributed by atoms with Gasteiger partial charge in [-0.05, 0) is 0 Å². The molecule has 0 N–H and O–H groups in total. The van der Waals surface area contributed by atoms with E-state index in [9.17, 15) is 4.39 Å². The molecule has 3 heteroatoms. The summed E-state index contributed by atoms with van der Waals surface area (Å²) in [5, 5.41) is 0.463. The number of halogens is 2. The van der Waals surface area contributed by atoms with Gasteiger partial charge < -0.3 is 0 Å². The van der Waals surface area contributed by atoms with Crippen LogP contribution in [0.2, 0.25) is 5.02 Å². The molecule has 2 radical (unpaired) electrons. The number of hydrogen-bond donors (Lipinski definition) is 0. The van der Waals surface area contributed by atoms with E-state index in [-0.39, 0.29) is 5.82 Å². The summed E-state index contributed by atoms with van der Waals surface area (Å²) in [4.78, 5) is 0. The molecule has 9 heavy (non-hydrogen) atoms. The predicted molar refractivity (Wildman–Crippen MR) is 38.2 cm³/mol. The van der Waals surface area contributed by atoms with Gasteiger partial charge in [0, 0.05) is 0 Å². The Morgan fingerprint density at radius 1 is 1.44 bits per heavy atom. The number of rotatable bonds is 0. The van der Waals surface area contributed by atoms with Gasteiger partial charge in [-0.3, -0.25) is 0 Å². The van der Waals surface area contributed by atoms with Crippen molar-refractivity contribution in [3.05, 3.63) is 29.0 Å². The Morgan fingerprint density at radius 2 is 2.11 bits per heavy atom. The molecule has 0 unspecified atom stereocenters. The Balaban J connectivity index is 3.17. The molecule has 0 aromatic heterocycles. The van der Waals surface area contributed by atoms with Crippen molar-refractivity contribution < 1.29 is 4.39 Å². The van der Waals surface area contributed by atoms with Crippen molar-refractivity contribution in [1.29, 1.82) is 0 Å². The second-order valence-electron chi connectivity index (χ2n) is 1.67. The molecule has 1 aromatic rings. The molecule has 0 saturated carbocycles. The second-order valence-corrected chi connectivity index (χ2v) is 3.88. The van der Waals surface area contributed by atoms with Crippen LogP contribution in [0.4, 0.5) is 4.39 Å². The van der Waals surface area contributed by atoms with Crippen molar-refractivity contribution in [3.8, 4) is 0 Å². The van der Waals surface area contributed by atoms with Crippen LogP contribution in [0, 0.1) is 5.82 Å². The molecule has 1 aromatic carbocycles. The Kier molecular flexibility index (Phi) is 2.35. The van der Waals surface area contributed by atoms with Gasteiger partial charge >= 0.3 is 71.1 Å².